The smallest absolute Gasteiger partial charge is 0.263 e. The Labute approximate surface area is 169 Å². The number of nitrogens with zero attached hydrogens (tertiary/aromatic N) is 3. The van der Waals surface area contributed by atoms with Crippen LogP contribution in [0.15, 0.2) is 46.3 Å². The Balaban J connectivity index is 1.68. The SMILES string of the molecule is CCN(Cc1nc(-c2cccs2)no1)C(=O)[C@@H](C)Oc1ccccc1C(C)C. The Kier molecular flexibility index (Phi) is 6.46. The molecule has 0 saturated carbocycles. The summed E-state index contributed by atoms with van der Waals surface area (Å²) >= 11 is 1.54. The molecule has 0 radical (unpaired) electrons. The van der Waals surface area contributed by atoms with Gasteiger partial charge in [0.1, 0.15) is 12.3 Å². The van der Waals surface area contributed by atoms with Crippen molar-refractivity contribution in [3.63, 3.8) is 0 Å². The van der Waals surface area contributed by atoms with Gasteiger partial charge in [0.05, 0.1) is 4.88 Å². The van der Waals surface area contributed by atoms with Crippen LogP contribution in [0.4, 0.5) is 0 Å². The molecule has 0 aliphatic carbocycles. The number of amides is 1. The summed E-state index contributed by atoms with van der Waals surface area (Å²) in [4.78, 5) is 19.9. The molecule has 1 amide bonds. The van der Waals surface area contributed by atoms with Crippen LogP contribution >= 0.6 is 11.3 Å². The van der Waals surface area contributed by atoms with Crippen LogP contribution in [0.25, 0.3) is 10.7 Å². The van der Waals surface area contributed by atoms with Gasteiger partial charge in [-0.2, -0.15) is 4.98 Å². The molecule has 0 fully saturated rings. The molecule has 0 aliphatic heterocycles. The van der Waals surface area contributed by atoms with Crippen molar-refractivity contribution in [2.75, 3.05) is 6.54 Å². The van der Waals surface area contributed by atoms with Crippen LogP contribution in [-0.4, -0.2) is 33.6 Å². The zero-order valence-corrected chi connectivity index (χ0v) is 17.4. The van der Waals surface area contributed by atoms with Crippen molar-refractivity contribution in [2.24, 2.45) is 0 Å². The molecule has 28 heavy (non-hydrogen) atoms. The van der Waals surface area contributed by atoms with E-state index >= 15 is 0 Å². The van der Waals surface area contributed by atoms with Crippen LogP contribution in [0.3, 0.4) is 0 Å². The van der Waals surface area contributed by atoms with Gasteiger partial charge in [-0.05, 0) is 42.8 Å². The van der Waals surface area contributed by atoms with Gasteiger partial charge < -0.3 is 14.2 Å². The summed E-state index contributed by atoms with van der Waals surface area (Å²) in [6.07, 6.45) is -0.612. The average Bonchev–Trinajstić information content (AvgIpc) is 3.37. The zero-order chi connectivity index (χ0) is 20.1. The molecule has 0 N–H and O–H groups in total. The molecule has 0 aliphatic rings. The maximum atomic E-state index is 12.9. The number of thiophene rings is 1. The summed E-state index contributed by atoms with van der Waals surface area (Å²) < 4.78 is 11.3. The first-order chi connectivity index (χ1) is 13.5. The van der Waals surface area contributed by atoms with E-state index in [0.29, 0.717) is 24.2 Å². The van der Waals surface area contributed by atoms with Gasteiger partial charge in [-0.25, -0.2) is 0 Å². The Hall–Kier alpha value is -2.67. The standard InChI is InChI=1S/C21H25N3O3S/c1-5-24(13-19-22-20(23-27-19)18-11-8-12-28-18)21(25)15(4)26-17-10-7-6-9-16(17)14(2)3/h6-12,14-15H,5,13H2,1-4H3/t15-/m1/s1. The van der Waals surface area contributed by atoms with Crippen molar-refractivity contribution >= 4 is 17.2 Å². The fourth-order valence-corrected chi connectivity index (χ4v) is 3.55. The largest absolute Gasteiger partial charge is 0.481 e. The Morgan fingerprint density at radius 3 is 2.68 bits per heavy atom. The van der Waals surface area contributed by atoms with Gasteiger partial charge in [-0.15, -0.1) is 11.3 Å². The molecule has 0 unspecified atom stereocenters. The maximum absolute atomic E-state index is 12.9. The first kappa shape index (κ1) is 20.1. The summed E-state index contributed by atoms with van der Waals surface area (Å²) in [7, 11) is 0. The molecule has 1 aromatic carbocycles. The molecule has 0 spiro atoms. The van der Waals surface area contributed by atoms with Gasteiger partial charge in [0.15, 0.2) is 6.10 Å². The van der Waals surface area contributed by atoms with Crippen LogP contribution < -0.4 is 4.74 Å². The van der Waals surface area contributed by atoms with Crippen molar-refractivity contribution in [1.29, 1.82) is 0 Å². The third-order valence-electron chi connectivity index (χ3n) is 4.42. The van der Waals surface area contributed by atoms with E-state index in [9.17, 15) is 4.79 Å². The summed E-state index contributed by atoms with van der Waals surface area (Å²) in [6.45, 7) is 8.68. The second-order valence-electron chi connectivity index (χ2n) is 6.79. The van der Waals surface area contributed by atoms with Gasteiger partial charge in [0, 0.05) is 6.54 Å². The third-order valence-corrected chi connectivity index (χ3v) is 5.29. The fourth-order valence-electron chi connectivity index (χ4n) is 2.90. The first-order valence-corrected chi connectivity index (χ1v) is 10.3. The van der Waals surface area contributed by atoms with Gasteiger partial charge in [0.2, 0.25) is 11.7 Å². The number of carbonyl (C=O) groups excluding carboxylic acids is 1. The summed E-state index contributed by atoms with van der Waals surface area (Å²) in [5.41, 5.74) is 1.09. The second kappa shape index (κ2) is 9.01. The number of aromatic nitrogens is 2. The Morgan fingerprint density at radius 2 is 2.00 bits per heavy atom. The highest BCUT2D eigenvalue weighted by Crippen LogP contribution is 2.27. The molecule has 0 bridgehead atoms. The van der Waals surface area contributed by atoms with Gasteiger partial charge in [-0.3, -0.25) is 4.79 Å². The van der Waals surface area contributed by atoms with E-state index in [1.165, 1.54) is 0 Å². The normalized spacial score (nSPS) is 12.2. The predicted molar refractivity (Wildman–Crippen MR) is 109 cm³/mol. The third kappa shape index (κ3) is 4.59. The first-order valence-electron chi connectivity index (χ1n) is 9.40. The molecule has 3 rings (SSSR count). The van der Waals surface area contributed by atoms with Crippen molar-refractivity contribution in [3.05, 3.63) is 53.2 Å². The molecule has 148 valence electrons. The van der Waals surface area contributed by atoms with Crippen LogP contribution in [0.1, 0.15) is 45.1 Å². The average molecular weight is 400 g/mol. The minimum Gasteiger partial charge on any atom is -0.481 e. The van der Waals surface area contributed by atoms with Crippen LogP contribution in [0, 0.1) is 0 Å². The van der Waals surface area contributed by atoms with E-state index in [0.717, 1.165) is 16.2 Å². The maximum Gasteiger partial charge on any atom is 0.263 e. The van der Waals surface area contributed by atoms with Crippen LogP contribution in [-0.2, 0) is 11.3 Å². The van der Waals surface area contributed by atoms with E-state index in [1.807, 2.05) is 48.7 Å². The number of rotatable bonds is 8. The lowest BCUT2D eigenvalue weighted by Gasteiger charge is -2.24. The summed E-state index contributed by atoms with van der Waals surface area (Å²) in [6, 6.07) is 11.7. The van der Waals surface area contributed by atoms with Gasteiger partial charge in [0.25, 0.3) is 5.91 Å². The molecule has 0 saturated heterocycles. The highest BCUT2D eigenvalue weighted by atomic mass is 32.1. The van der Waals surface area contributed by atoms with Crippen molar-refractivity contribution in [3.8, 4) is 16.5 Å². The summed E-state index contributed by atoms with van der Waals surface area (Å²) in [5, 5.41) is 5.96. The Morgan fingerprint density at radius 1 is 1.21 bits per heavy atom. The van der Waals surface area contributed by atoms with E-state index < -0.39 is 6.10 Å². The quantitative estimate of drug-likeness (QED) is 0.547. The molecule has 2 aromatic heterocycles. The topological polar surface area (TPSA) is 68.5 Å². The minimum atomic E-state index is -0.612. The molecular weight excluding hydrogens is 374 g/mol. The van der Waals surface area contributed by atoms with E-state index in [4.69, 9.17) is 9.26 Å². The molecule has 2 heterocycles. The molecule has 1 atom stereocenters. The predicted octanol–water partition coefficient (Wildman–Crippen LogP) is 4.74. The highest BCUT2D eigenvalue weighted by molar-refractivity contribution is 7.13. The number of carbonyl (C=O) groups is 1. The number of likely N-dealkylation sites (N-methyl/N-ethyl adjacent to an activating group) is 1. The van der Waals surface area contributed by atoms with E-state index in [1.54, 1.807) is 23.2 Å². The lowest BCUT2D eigenvalue weighted by atomic mass is 10.0. The van der Waals surface area contributed by atoms with Crippen LogP contribution in [0.2, 0.25) is 0 Å². The zero-order valence-electron chi connectivity index (χ0n) is 16.6. The van der Waals surface area contributed by atoms with Gasteiger partial charge in [-0.1, -0.05) is 43.3 Å². The Bertz CT molecular complexity index is 905. The number of ether oxygens (including phenoxy) is 1. The lowest BCUT2D eigenvalue weighted by molar-refractivity contribution is -0.138. The number of para-hydroxylation sites is 1. The number of benzene rings is 1. The summed E-state index contributed by atoms with van der Waals surface area (Å²) in [5.74, 6) is 1.90. The molecular formula is C21H25N3O3S. The molecule has 3 aromatic rings. The van der Waals surface area contributed by atoms with Crippen molar-refractivity contribution in [2.45, 2.75) is 46.3 Å². The second-order valence-corrected chi connectivity index (χ2v) is 7.74. The molecule has 6 nitrogen and oxygen atoms in total. The van der Waals surface area contributed by atoms with Gasteiger partial charge >= 0.3 is 0 Å². The number of hydrogen-bond donors (Lipinski definition) is 0. The van der Waals surface area contributed by atoms with E-state index in [2.05, 4.69) is 24.0 Å². The molecule has 7 heteroatoms. The fraction of sp³-hybridized carbons (Fsp3) is 0.381. The monoisotopic (exact) mass is 399 g/mol. The van der Waals surface area contributed by atoms with Crippen molar-refractivity contribution in [1.82, 2.24) is 15.0 Å². The number of hydrogen-bond acceptors (Lipinski definition) is 6. The minimum absolute atomic E-state index is 0.114. The van der Waals surface area contributed by atoms with Crippen molar-refractivity contribution < 1.29 is 14.1 Å². The van der Waals surface area contributed by atoms with E-state index in [-0.39, 0.29) is 12.5 Å². The van der Waals surface area contributed by atoms with Crippen LogP contribution in [0.5, 0.6) is 5.75 Å². The lowest BCUT2D eigenvalue weighted by Crippen LogP contribution is -2.40. The highest BCUT2D eigenvalue weighted by Gasteiger charge is 2.24.